The molecule has 0 aromatic carbocycles. The number of amides is 2. The van der Waals surface area contributed by atoms with Crippen molar-refractivity contribution in [3.05, 3.63) is 0 Å². The number of hydrogen-bond acceptors (Lipinski definition) is 3. The topological polar surface area (TPSA) is 52.7 Å². The Morgan fingerprint density at radius 2 is 1.81 bits per heavy atom. The summed E-state index contributed by atoms with van der Waals surface area (Å²) in [5.74, 6) is -0.0207. The maximum absolute atomic E-state index is 12.7. The van der Waals surface area contributed by atoms with Crippen LogP contribution in [0.4, 0.5) is 0 Å². The van der Waals surface area contributed by atoms with Crippen LogP contribution in [0, 0.1) is 5.92 Å². The predicted molar refractivity (Wildman–Crippen MR) is 82.9 cm³/mol. The quantitative estimate of drug-likeness (QED) is 0.794. The highest BCUT2D eigenvalue weighted by molar-refractivity contribution is 6.35. The Morgan fingerprint density at radius 3 is 2.38 bits per heavy atom. The molecule has 120 valence electrons. The van der Waals surface area contributed by atoms with Crippen molar-refractivity contribution in [2.24, 2.45) is 5.92 Å². The molecule has 0 unspecified atom stereocenters. The maximum atomic E-state index is 12.7. The molecule has 0 radical (unpaired) electrons. The molecule has 2 rings (SSSR count). The minimum Gasteiger partial charge on any atom is -0.332 e. The van der Waals surface area contributed by atoms with Crippen LogP contribution in [0.25, 0.3) is 0 Å². The molecule has 0 atom stereocenters. The largest absolute Gasteiger partial charge is 0.332 e. The Balaban J connectivity index is 1.99. The number of nitrogens with zero attached hydrogens (tertiary/aromatic N) is 2. The van der Waals surface area contributed by atoms with Gasteiger partial charge in [0.25, 0.3) is 0 Å². The van der Waals surface area contributed by atoms with Crippen molar-refractivity contribution >= 4 is 11.8 Å². The summed E-state index contributed by atoms with van der Waals surface area (Å²) < 4.78 is 0. The van der Waals surface area contributed by atoms with Crippen LogP contribution in [-0.4, -0.2) is 60.4 Å². The van der Waals surface area contributed by atoms with E-state index in [0.29, 0.717) is 19.0 Å². The summed E-state index contributed by atoms with van der Waals surface area (Å²) in [5, 5.41) is 3.21. The van der Waals surface area contributed by atoms with E-state index >= 15 is 0 Å². The second-order valence-corrected chi connectivity index (χ2v) is 6.66. The van der Waals surface area contributed by atoms with Crippen LogP contribution >= 0.6 is 0 Å². The van der Waals surface area contributed by atoms with Crippen LogP contribution in [0.5, 0.6) is 0 Å². The van der Waals surface area contributed by atoms with Crippen LogP contribution < -0.4 is 5.32 Å². The first kappa shape index (κ1) is 16.3. The first-order chi connectivity index (χ1) is 10.1. The number of carbonyl (C=O) groups excluding carboxylic acids is 2. The molecule has 2 aliphatic rings. The van der Waals surface area contributed by atoms with Crippen molar-refractivity contribution in [2.75, 3.05) is 32.7 Å². The average molecular weight is 295 g/mol. The van der Waals surface area contributed by atoms with E-state index in [1.807, 2.05) is 4.90 Å². The lowest BCUT2D eigenvalue weighted by Gasteiger charge is -2.33. The summed E-state index contributed by atoms with van der Waals surface area (Å²) in [6.45, 7) is 7.91. The third-order valence-electron chi connectivity index (χ3n) is 4.56. The van der Waals surface area contributed by atoms with E-state index in [1.165, 1.54) is 12.8 Å². The SMILES string of the molecule is CC(C)CCN(C(=O)C(=O)N1CCNCC1)C1CCCC1. The Morgan fingerprint density at radius 1 is 1.19 bits per heavy atom. The van der Waals surface area contributed by atoms with Crippen LogP contribution in [-0.2, 0) is 9.59 Å². The fourth-order valence-electron chi connectivity index (χ4n) is 3.19. The van der Waals surface area contributed by atoms with E-state index in [0.717, 1.165) is 38.9 Å². The zero-order valence-corrected chi connectivity index (χ0v) is 13.4. The summed E-state index contributed by atoms with van der Waals surface area (Å²) in [4.78, 5) is 28.7. The lowest BCUT2D eigenvalue weighted by molar-refractivity contribution is -0.153. The van der Waals surface area contributed by atoms with Gasteiger partial charge in [0.05, 0.1) is 0 Å². The Bertz CT molecular complexity index is 359. The Kier molecular flexibility index (Phi) is 6.03. The molecule has 2 fully saturated rings. The third-order valence-corrected chi connectivity index (χ3v) is 4.56. The fourth-order valence-corrected chi connectivity index (χ4v) is 3.19. The van der Waals surface area contributed by atoms with Crippen LogP contribution in [0.15, 0.2) is 0 Å². The van der Waals surface area contributed by atoms with Gasteiger partial charge < -0.3 is 15.1 Å². The summed E-state index contributed by atoms with van der Waals surface area (Å²) in [6, 6.07) is 0.281. The first-order valence-corrected chi connectivity index (χ1v) is 8.40. The van der Waals surface area contributed by atoms with Gasteiger partial charge in [-0.25, -0.2) is 0 Å². The number of rotatable bonds is 4. The molecular formula is C16H29N3O2. The molecule has 1 saturated carbocycles. The highest BCUT2D eigenvalue weighted by Gasteiger charge is 2.33. The lowest BCUT2D eigenvalue weighted by Crippen LogP contribution is -2.53. The monoisotopic (exact) mass is 295 g/mol. The fraction of sp³-hybridized carbons (Fsp3) is 0.875. The zero-order chi connectivity index (χ0) is 15.2. The number of hydrogen-bond donors (Lipinski definition) is 1. The molecule has 0 bridgehead atoms. The van der Waals surface area contributed by atoms with Crippen molar-refractivity contribution < 1.29 is 9.59 Å². The Labute approximate surface area is 128 Å². The van der Waals surface area contributed by atoms with E-state index in [1.54, 1.807) is 4.90 Å². The molecule has 0 aromatic heterocycles. The van der Waals surface area contributed by atoms with Crippen LogP contribution in [0.1, 0.15) is 46.0 Å². The van der Waals surface area contributed by atoms with Crippen molar-refractivity contribution in [3.8, 4) is 0 Å². The molecule has 1 N–H and O–H groups in total. The van der Waals surface area contributed by atoms with Gasteiger partial charge >= 0.3 is 11.8 Å². The van der Waals surface area contributed by atoms with Gasteiger partial charge in [-0.3, -0.25) is 9.59 Å². The van der Waals surface area contributed by atoms with Crippen molar-refractivity contribution in [2.45, 2.75) is 52.0 Å². The second-order valence-electron chi connectivity index (χ2n) is 6.66. The van der Waals surface area contributed by atoms with E-state index in [-0.39, 0.29) is 17.9 Å². The normalized spacial score (nSPS) is 20.0. The van der Waals surface area contributed by atoms with Gasteiger partial charge in [-0.2, -0.15) is 0 Å². The number of piperazine rings is 1. The second kappa shape index (κ2) is 7.78. The standard InChI is InChI=1S/C16H29N3O2/c1-13(2)7-10-19(14-5-3-4-6-14)16(21)15(20)18-11-8-17-9-12-18/h13-14,17H,3-12H2,1-2H3. The van der Waals surface area contributed by atoms with E-state index < -0.39 is 0 Å². The lowest BCUT2D eigenvalue weighted by atomic mass is 10.1. The summed E-state index contributed by atoms with van der Waals surface area (Å²) in [7, 11) is 0. The van der Waals surface area contributed by atoms with Gasteiger partial charge in [-0.15, -0.1) is 0 Å². The molecule has 21 heavy (non-hydrogen) atoms. The summed E-state index contributed by atoms with van der Waals surface area (Å²) in [5.41, 5.74) is 0. The summed E-state index contributed by atoms with van der Waals surface area (Å²) in [6.07, 6.45) is 5.43. The van der Waals surface area contributed by atoms with Crippen molar-refractivity contribution in [1.29, 1.82) is 0 Å². The predicted octanol–water partition coefficient (Wildman–Crippen LogP) is 1.24. The molecule has 5 nitrogen and oxygen atoms in total. The highest BCUT2D eigenvalue weighted by atomic mass is 16.2. The number of nitrogens with one attached hydrogen (secondary N) is 1. The van der Waals surface area contributed by atoms with Gasteiger partial charge in [0.15, 0.2) is 0 Å². The van der Waals surface area contributed by atoms with Gasteiger partial charge in [0, 0.05) is 38.8 Å². The van der Waals surface area contributed by atoms with Gasteiger partial charge in [0.2, 0.25) is 0 Å². The van der Waals surface area contributed by atoms with Crippen LogP contribution in [0.3, 0.4) is 0 Å². The van der Waals surface area contributed by atoms with E-state index in [2.05, 4.69) is 19.2 Å². The van der Waals surface area contributed by atoms with E-state index in [9.17, 15) is 9.59 Å². The summed E-state index contributed by atoms with van der Waals surface area (Å²) >= 11 is 0. The smallest absolute Gasteiger partial charge is 0.312 e. The third kappa shape index (κ3) is 4.43. The van der Waals surface area contributed by atoms with Crippen molar-refractivity contribution in [1.82, 2.24) is 15.1 Å². The minimum atomic E-state index is -0.299. The van der Waals surface area contributed by atoms with Gasteiger partial charge in [-0.1, -0.05) is 26.7 Å². The maximum Gasteiger partial charge on any atom is 0.312 e. The van der Waals surface area contributed by atoms with Gasteiger partial charge in [0.1, 0.15) is 0 Å². The van der Waals surface area contributed by atoms with Crippen molar-refractivity contribution in [3.63, 3.8) is 0 Å². The molecular weight excluding hydrogens is 266 g/mol. The average Bonchev–Trinajstić information content (AvgIpc) is 3.01. The van der Waals surface area contributed by atoms with Crippen LogP contribution in [0.2, 0.25) is 0 Å². The molecule has 5 heteroatoms. The molecule has 1 heterocycles. The van der Waals surface area contributed by atoms with E-state index in [4.69, 9.17) is 0 Å². The van der Waals surface area contributed by atoms with Gasteiger partial charge in [-0.05, 0) is 25.2 Å². The molecule has 1 saturated heterocycles. The number of carbonyl (C=O) groups is 2. The molecule has 0 aromatic rings. The zero-order valence-electron chi connectivity index (χ0n) is 13.4. The molecule has 1 aliphatic carbocycles. The molecule has 0 spiro atoms. The highest BCUT2D eigenvalue weighted by Crippen LogP contribution is 2.24. The first-order valence-electron chi connectivity index (χ1n) is 8.40. The minimum absolute atomic E-state index is 0.274. The molecule has 1 aliphatic heterocycles. The molecule has 2 amide bonds. The Hall–Kier alpha value is -1.10.